The number of nitrogens with one attached hydrogen (secondary N) is 1. The van der Waals surface area contributed by atoms with Gasteiger partial charge in [-0.25, -0.2) is 13.2 Å². The number of benzene rings is 2. The van der Waals surface area contributed by atoms with Crippen molar-refractivity contribution >= 4 is 27.6 Å². The fourth-order valence-corrected chi connectivity index (χ4v) is 4.89. The molecule has 2 aromatic carbocycles. The summed E-state index contributed by atoms with van der Waals surface area (Å²) in [4.78, 5) is 24.3. The van der Waals surface area contributed by atoms with Crippen molar-refractivity contribution in [3.63, 3.8) is 0 Å². The first kappa shape index (κ1) is 22.6. The summed E-state index contributed by atoms with van der Waals surface area (Å²) < 4.78 is 38.1. The molecule has 1 N–H and O–H groups in total. The zero-order chi connectivity index (χ0) is 22.4. The largest absolute Gasteiger partial charge is 0.496 e. The molecular weight excluding hydrogens is 420 g/mol. The normalized spacial score (nSPS) is 12.9. The van der Waals surface area contributed by atoms with Gasteiger partial charge in [0.25, 0.3) is 15.9 Å². The lowest BCUT2D eigenvalue weighted by Crippen LogP contribution is -2.30. The number of methoxy groups -OCH3 is 1. The van der Waals surface area contributed by atoms with Gasteiger partial charge in [0.1, 0.15) is 11.3 Å². The van der Waals surface area contributed by atoms with Crippen molar-refractivity contribution in [2.45, 2.75) is 31.1 Å². The number of rotatable bonds is 9. The maximum absolute atomic E-state index is 13.3. The smallest absolute Gasteiger partial charge is 0.342 e. The average Bonchev–Trinajstić information content (AvgIpc) is 3.22. The molecule has 0 fully saturated rings. The van der Waals surface area contributed by atoms with Gasteiger partial charge in [0, 0.05) is 13.1 Å². The van der Waals surface area contributed by atoms with Gasteiger partial charge < -0.3 is 14.8 Å². The number of anilines is 1. The third-order valence-corrected chi connectivity index (χ3v) is 6.82. The molecule has 166 valence electrons. The quantitative estimate of drug-likeness (QED) is 0.469. The Morgan fingerprint density at radius 1 is 1.16 bits per heavy atom. The molecule has 2 aromatic rings. The van der Waals surface area contributed by atoms with Crippen LogP contribution in [0.5, 0.6) is 5.75 Å². The van der Waals surface area contributed by atoms with Crippen molar-refractivity contribution in [1.82, 2.24) is 5.32 Å². The van der Waals surface area contributed by atoms with E-state index in [0.717, 1.165) is 18.4 Å². The number of amides is 1. The van der Waals surface area contributed by atoms with Gasteiger partial charge in [-0.2, -0.15) is 0 Å². The minimum absolute atomic E-state index is 0.0515. The Hall–Kier alpha value is -3.07. The van der Waals surface area contributed by atoms with Gasteiger partial charge in [-0.15, -0.1) is 0 Å². The first-order valence-corrected chi connectivity index (χ1v) is 11.5. The molecule has 1 aliphatic rings. The van der Waals surface area contributed by atoms with E-state index in [9.17, 15) is 18.0 Å². The molecule has 3 rings (SSSR count). The van der Waals surface area contributed by atoms with Crippen LogP contribution in [0.2, 0.25) is 0 Å². The number of nitrogens with zero attached hydrogens (tertiary/aromatic N) is 1. The lowest BCUT2D eigenvalue weighted by molar-refractivity contribution is -0.124. The molecule has 0 aromatic heterocycles. The Kier molecular flexibility index (Phi) is 7.17. The van der Waals surface area contributed by atoms with Gasteiger partial charge in [-0.1, -0.05) is 31.5 Å². The molecule has 1 amide bonds. The molecule has 0 radical (unpaired) electrons. The molecule has 0 aliphatic carbocycles. The predicted molar refractivity (Wildman–Crippen MR) is 116 cm³/mol. The van der Waals surface area contributed by atoms with Crippen molar-refractivity contribution in [2.75, 3.05) is 31.1 Å². The summed E-state index contributed by atoms with van der Waals surface area (Å²) in [5.41, 5.74) is 1.52. The molecule has 0 bridgehead atoms. The number of carbonyl (C=O) groups is 2. The topological polar surface area (TPSA) is 102 Å². The lowest BCUT2D eigenvalue weighted by atomic mass is 10.2. The molecule has 0 saturated heterocycles. The third-order valence-electron chi connectivity index (χ3n) is 5.01. The molecule has 1 aliphatic heterocycles. The second kappa shape index (κ2) is 9.82. The van der Waals surface area contributed by atoms with Crippen molar-refractivity contribution in [1.29, 1.82) is 0 Å². The van der Waals surface area contributed by atoms with Gasteiger partial charge in [-0.05, 0) is 42.7 Å². The van der Waals surface area contributed by atoms with Gasteiger partial charge >= 0.3 is 5.97 Å². The lowest BCUT2D eigenvalue weighted by Gasteiger charge is -2.20. The van der Waals surface area contributed by atoms with Gasteiger partial charge in [0.05, 0.1) is 17.7 Å². The number of ether oxygens (including phenoxy) is 2. The highest BCUT2D eigenvalue weighted by atomic mass is 32.2. The van der Waals surface area contributed by atoms with Gasteiger partial charge in [0.15, 0.2) is 6.61 Å². The van der Waals surface area contributed by atoms with Crippen molar-refractivity contribution in [3.05, 3.63) is 53.6 Å². The molecule has 0 saturated carbocycles. The molecule has 1 heterocycles. The molecule has 31 heavy (non-hydrogen) atoms. The molecule has 9 heteroatoms. The summed E-state index contributed by atoms with van der Waals surface area (Å²) in [5, 5.41) is 2.65. The highest BCUT2D eigenvalue weighted by molar-refractivity contribution is 7.92. The Morgan fingerprint density at radius 2 is 1.94 bits per heavy atom. The summed E-state index contributed by atoms with van der Waals surface area (Å²) in [5.74, 6) is -1.09. The van der Waals surface area contributed by atoms with E-state index < -0.39 is 28.5 Å². The van der Waals surface area contributed by atoms with Crippen LogP contribution in [0.1, 0.15) is 35.7 Å². The number of hydrogen-bond donors (Lipinski definition) is 1. The van der Waals surface area contributed by atoms with Crippen LogP contribution in [0.4, 0.5) is 5.69 Å². The van der Waals surface area contributed by atoms with Crippen LogP contribution in [0.25, 0.3) is 0 Å². The van der Waals surface area contributed by atoms with Crippen LogP contribution >= 0.6 is 0 Å². The number of para-hydroxylation sites is 1. The standard InChI is InChI=1S/C22H26N2O6S/c1-3-4-12-23-21(25)15-30-22(26)18-14-17(9-10-20(18)29-2)31(27,28)24-13-11-16-7-5-6-8-19(16)24/h5-10,14H,3-4,11-13,15H2,1-2H3,(H,23,25). The average molecular weight is 447 g/mol. The maximum atomic E-state index is 13.3. The summed E-state index contributed by atoms with van der Waals surface area (Å²) in [6, 6.07) is 11.3. The number of unbranched alkanes of at least 4 members (excludes halogenated alkanes) is 1. The SMILES string of the molecule is CCCCNC(=O)COC(=O)c1cc(S(=O)(=O)N2CCc3ccccc32)ccc1OC. The molecule has 8 nitrogen and oxygen atoms in total. The van der Waals surface area contributed by atoms with E-state index in [1.807, 2.05) is 19.1 Å². The van der Waals surface area contributed by atoms with Crippen LogP contribution in [0.3, 0.4) is 0 Å². The van der Waals surface area contributed by atoms with E-state index in [4.69, 9.17) is 9.47 Å². The highest BCUT2D eigenvalue weighted by Gasteiger charge is 2.31. The van der Waals surface area contributed by atoms with E-state index in [2.05, 4.69) is 5.32 Å². The number of hydrogen-bond acceptors (Lipinski definition) is 6. The van der Waals surface area contributed by atoms with Gasteiger partial charge in [-0.3, -0.25) is 9.10 Å². The minimum atomic E-state index is -3.89. The van der Waals surface area contributed by atoms with Crippen LogP contribution in [-0.4, -0.2) is 47.1 Å². The number of esters is 1. The zero-order valence-electron chi connectivity index (χ0n) is 17.6. The second-order valence-electron chi connectivity index (χ2n) is 7.10. The molecule has 0 atom stereocenters. The van der Waals surface area contributed by atoms with E-state index in [1.54, 1.807) is 12.1 Å². The van der Waals surface area contributed by atoms with E-state index in [-0.39, 0.29) is 16.2 Å². The van der Waals surface area contributed by atoms with Crippen molar-refractivity contribution in [2.24, 2.45) is 0 Å². The molecule has 0 spiro atoms. The second-order valence-corrected chi connectivity index (χ2v) is 8.96. The van der Waals surface area contributed by atoms with Crippen molar-refractivity contribution < 1.29 is 27.5 Å². The fraction of sp³-hybridized carbons (Fsp3) is 0.364. The zero-order valence-corrected chi connectivity index (χ0v) is 18.4. The first-order valence-electron chi connectivity index (χ1n) is 10.1. The number of sulfonamides is 1. The Morgan fingerprint density at radius 3 is 2.68 bits per heavy atom. The summed E-state index contributed by atoms with van der Waals surface area (Å²) >= 11 is 0. The van der Waals surface area contributed by atoms with Crippen LogP contribution in [0, 0.1) is 0 Å². The summed E-state index contributed by atoms with van der Waals surface area (Å²) in [7, 11) is -2.52. The summed E-state index contributed by atoms with van der Waals surface area (Å²) in [6.07, 6.45) is 2.38. The summed E-state index contributed by atoms with van der Waals surface area (Å²) in [6.45, 7) is 2.37. The third kappa shape index (κ3) is 4.99. The Bertz CT molecular complexity index is 1070. The first-order chi connectivity index (χ1) is 14.9. The number of carbonyl (C=O) groups excluding carboxylic acids is 2. The van der Waals surface area contributed by atoms with E-state index in [1.165, 1.54) is 29.6 Å². The number of fused-ring (bicyclic) bond motifs is 1. The Balaban J connectivity index is 1.80. The van der Waals surface area contributed by atoms with Crippen LogP contribution in [0.15, 0.2) is 47.4 Å². The maximum Gasteiger partial charge on any atom is 0.342 e. The predicted octanol–water partition coefficient (Wildman–Crippen LogP) is 2.52. The van der Waals surface area contributed by atoms with E-state index in [0.29, 0.717) is 25.2 Å². The monoisotopic (exact) mass is 446 g/mol. The Labute approximate surface area is 182 Å². The van der Waals surface area contributed by atoms with Gasteiger partial charge in [0.2, 0.25) is 0 Å². The fourth-order valence-electron chi connectivity index (χ4n) is 3.36. The van der Waals surface area contributed by atoms with Crippen LogP contribution < -0.4 is 14.4 Å². The van der Waals surface area contributed by atoms with Crippen molar-refractivity contribution in [3.8, 4) is 5.75 Å². The van der Waals surface area contributed by atoms with Crippen LogP contribution in [-0.2, 0) is 26.0 Å². The molecular formula is C22H26N2O6S. The minimum Gasteiger partial charge on any atom is -0.496 e. The highest BCUT2D eigenvalue weighted by Crippen LogP contribution is 2.34. The van der Waals surface area contributed by atoms with E-state index >= 15 is 0 Å². The molecule has 0 unspecified atom stereocenters.